The number of amides is 1. The Kier molecular flexibility index (Phi) is 4.57. The monoisotopic (exact) mass is 380 g/mol. The van der Waals surface area contributed by atoms with E-state index in [-0.39, 0.29) is 0 Å². The molecule has 1 amide bonds. The predicted octanol–water partition coefficient (Wildman–Crippen LogP) is 3.68. The molecule has 0 unspecified atom stereocenters. The van der Waals surface area contributed by atoms with Gasteiger partial charge < -0.3 is 10.0 Å². The van der Waals surface area contributed by atoms with E-state index in [1.54, 1.807) is 7.05 Å². The van der Waals surface area contributed by atoms with Gasteiger partial charge in [0.25, 0.3) is 0 Å². The highest BCUT2D eigenvalue weighted by atomic mass is 79.9. The van der Waals surface area contributed by atoms with Gasteiger partial charge in [-0.3, -0.25) is 9.38 Å². The number of rotatable bonds is 3. The minimum atomic E-state index is -0.849. The predicted molar refractivity (Wildman–Crippen MR) is 90.8 cm³/mol. The number of carboxylic acid groups (broad SMARTS) is 1. The Labute approximate surface area is 143 Å². The summed E-state index contributed by atoms with van der Waals surface area (Å²) in [5, 5.41) is 8.99. The molecule has 0 aliphatic heterocycles. The first kappa shape index (κ1) is 16.2. The fourth-order valence-corrected chi connectivity index (χ4v) is 4.18. The van der Waals surface area contributed by atoms with Crippen LogP contribution in [0.4, 0.5) is 4.79 Å². The highest BCUT2D eigenvalue weighted by Crippen LogP contribution is 2.37. The number of halogens is 1. The summed E-state index contributed by atoms with van der Waals surface area (Å²) < 4.78 is 2.99. The molecule has 1 aliphatic carbocycles. The summed E-state index contributed by atoms with van der Waals surface area (Å²) in [6.07, 6.45) is 7.11. The molecular weight excluding hydrogens is 360 g/mol. The average Bonchev–Trinajstić information content (AvgIpc) is 2.86. The molecule has 23 heavy (non-hydrogen) atoms. The molecule has 0 spiro atoms. The maximum absolute atomic E-state index is 10.9. The van der Waals surface area contributed by atoms with Gasteiger partial charge in [0.1, 0.15) is 15.9 Å². The lowest BCUT2D eigenvalue weighted by molar-refractivity contribution is 0.142. The summed E-state index contributed by atoms with van der Waals surface area (Å²) in [7, 11) is 1.64. The smallest absolute Gasteiger partial charge is 0.407 e. The largest absolute Gasteiger partial charge is 0.465 e. The highest BCUT2D eigenvalue weighted by Gasteiger charge is 2.27. The first-order chi connectivity index (χ1) is 11.0. The molecule has 3 rings (SSSR count). The van der Waals surface area contributed by atoms with Crippen molar-refractivity contribution in [1.29, 1.82) is 0 Å². The van der Waals surface area contributed by atoms with E-state index in [0.29, 0.717) is 18.4 Å². The molecule has 6 nitrogen and oxygen atoms in total. The molecule has 2 heterocycles. The third kappa shape index (κ3) is 3.20. The molecule has 0 bridgehead atoms. The Hall–Kier alpha value is -1.63. The number of aryl methyl sites for hydroxylation is 1. The van der Waals surface area contributed by atoms with E-state index >= 15 is 0 Å². The van der Waals surface area contributed by atoms with Crippen molar-refractivity contribution >= 4 is 27.5 Å². The molecule has 124 valence electrons. The molecule has 1 N–H and O–H groups in total. The molecule has 1 aliphatic rings. The first-order valence-electron chi connectivity index (χ1n) is 7.90. The van der Waals surface area contributed by atoms with Gasteiger partial charge in [0, 0.05) is 31.9 Å². The van der Waals surface area contributed by atoms with Gasteiger partial charge in [-0.25, -0.2) is 9.78 Å². The second kappa shape index (κ2) is 6.47. The lowest BCUT2D eigenvalue weighted by atomic mass is 9.81. The fourth-order valence-electron chi connectivity index (χ4n) is 3.53. The SMILES string of the molecule is Cc1nccn2c1c(Br)nc2[C@H]1CC[C@H](CN(C)C(=O)O)CC1. The highest BCUT2D eigenvalue weighted by molar-refractivity contribution is 9.10. The van der Waals surface area contributed by atoms with Crippen molar-refractivity contribution in [3.05, 3.63) is 28.5 Å². The van der Waals surface area contributed by atoms with Gasteiger partial charge in [0.15, 0.2) is 0 Å². The fraction of sp³-hybridized carbons (Fsp3) is 0.562. The summed E-state index contributed by atoms with van der Waals surface area (Å²) in [5.74, 6) is 1.95. The summed E-state index contributed by atoms with van der Waals surface area (Å²) >= 11 is 3.55. The van der Waals surface area contributed by atoms with Crippen molar-refractivity contribution in [3.63, 3.8) is 0 Å². The molecule has 0 radical (unpaired) electrons. The molecule has 2 aromatic heterocycles. The van der Waals surface area contributed by atoms with E-state index in [1.165, 1.54) is 4.90 Å². The number of imidazole rings is 1. The van der Waals surface area contributed by atoms with Crippen LogP contribution in [-0.2, 0) is 0 Å². The van der Waals surface area contributed by atoms with Gasteiger partial charge in [0.05, 0.1) is 5.69 Å². The van der Waals surface area contributed by atoms with E-state index < -0.39 is 6.09 Å². The zero-order valence-electron chi connectivity index (χ0n) is 13.4. The first-order valence-corrected chi connectivity index (χ1v) is 8.69. The van der Waals surface area contributed by atoms with Crippen molar-refractivity contribution in [1.82, 2.24) is 19.3 Å². The van der Waals surface area contributed by atoms with Gasteiger partial charge in [0.2, 0.25) is 0 Å². The lowest BCUT2D eigenvalue weighted by Crippen LogP contribution is -2.32. The second-order valence-electron chi connectivity index (χ2n) is 6.37. The Balaban J connectivity index is 1.73. The minimum absolute atomic E-state index is 0.419. The van der Waals surface area contributed by atoms with Crippen LogP contribution in [0, 0.1) is 12.8 Å². The maximum Gasteiger partial charge on any atom is 0.407 e. The molecule has 1 saturated carbocycles. The molecule has 0 atom stereocenters. The van der Waals surface area contributed by atoms with E-state index in [1.807, 2.05) is 19.3 Å². The Bertz CT molecular complexity index is 722. The van der Waals surface area contributed by atoms with Gasteiger partial charge >= 0.3 is 6.09 Å². The number of aromatic nitrogens is 3. The molecule has 0 saturated heterocycles. The van der Waals surface area contributed by atoms with Crippen LogP contribution in [0.1, 0.15) is 43.1 Å². The Morgan fingerprint density at radius 3 is 2.78 bits per heavy atom. The topological polar surface area (TPSA) is 70.7 Å². The molecule has 0 aromatic carbocycles. The van der Waals surface area contributed by atoms with E-state index in [9.17, 15) is 4.79 Å². The van der Waals surface area contributed by atoms with Crippen LogP contribution in [0.2, 0.25) is 0 Å². The number of nitrogens with zero attached hydrogens (tertiary/aromatic N) is 4. The maximum atomic E-state index is 10.9. The summed E-state index contributed by atoms with van der Waals surface area (Å²) in [5.41, 5.74) is 2.00. The zero-order valence-corrected chi connectivity index (χ0v) is 15.0. The van der Waals surface area contributed by atoms with Crippen molar-refractivity contribution in [2.75, 3.05) is 13.6 Å². The summed E-state index contributed by atoms with van der Waals surface area (Å²) in [6, 6.07) is 0. The number of hydrogen-bond acceptors (Lipinski definition) is 3. The van der Waals surface area contributed by atoms with E-state index in [2.05, 4.69) is 25.3 Å². The Morgan fingerprint density at radius 2 is 2.13 bits per heavy atom. The summed E-state index contributed by atoms with van der Waals surface area (Å²) in [4.78, 5) is 21.4. The summed E-state index contributed by atoms with van der Waals surface area (Å²) in [6.45, 7) is 2.61. The van der Waals surface area contributed by atoms with Crippen molar-refractivity contribution < 1.29 is 9.90 Å². The van der Waals surface area contributed by atoms with Crippen LogP contribution in [0.15, 0.2) is 17.0 Å². The average molecular weight is 381 g/mol. The van der Waals surface area contributed by atoms with Crippen molar-refractivity contribution in [3.8, 4) is 0 Å². The van der Waals surface area contributed by atoms with E-state index in [0.717, 1.165) is 47.3 Å². The van der Waals surface area contributed by atoms with Crippen molar-refractivity contribution in [2.24, 2.45) is 5.92 Å². The van der Waals surface area contributed by atoms with Gasteiger partial charge in [-0.15, -0.1) is 0 Å². The third-order valence-corrected chi connectivity index (χ3v) is 5.35. The van der Waals surface area contributed by atoms with Crippen LogP contribution in [0.5, 0.6) is 0 Å². The van der Waals surface area contributed by atoms with Crippen molar-refractivity contribution in [2.45, 2.75) is 38.5 Å². The molecular formula is C16H21BrN4O2. The number of hydrogen-bond donors (Lipinski definition) is 1. The minimum Gasteiger partial charge on any atom is -0.465 e. The number of fused-ring (bicyclic) bond motifs is 1. The quantitative estimate of drug-likeness (QED) is 0.881. The molecule has 7 heteroatoms. The van der Waals surface area contributed by atoms with Gasteiger partial charge in [-0.05, 0) is 54.5 Å². The van der Waals surface area contributed by atoms with Crippen LogP contribution in [-0.4, -0.2) is 44.1 Å². The van der Waals surface area contributed by atoms with E-state index in [4.69, 9.17) is 10.1 Å². The number of carbonyl (C=O) groups is 1. The van der Waals surface area contributed by atoms with Crippen LogP contribution in [0.3, 0.4) is 0 Å². The van der Waals surface area contributed by atoms with Crippen LogP contribution < -0.4 is 0 Å². The zero-order chi connectivity index (χ0) is 16.6. The Morgan fingerprint density at radius 1 is 1.43 bits per heavy atom. The molecule has 1 fully saturated rings. The normalized spacial score (nSPS) is 21.5. The second-order valence-corrected chi connectivity index (χ2v) is 7.12. The van der Waals surface area contributed by atoms with Crippen LogP contribution in [0.25, 0.3) is 5.52 Å². The lowest BCUT2D eigenvalue weighted by Gasteiger charge is -2.29. The third-order valence-electron chi connectivity index (χ3n) is 4.79. The van der Waals surface area contributed by atoms with Gasteiger partial charge in [-0.2, -0.15) is 0 Å². The van der Waals surface area contributed by atoms with Crippen LogP contribution >= 0.6 is 15.9 Å². The molecule has 2 aromatic rings. The standard InChI is InChI=1S/C16H21BrN4O2/c1-10-13-14(17)19-15(21(13)8-7-18-10)12-5-3-11(4-6-12)9-20(2)16(22)23/h7-8,11-12H,3-6,9H2,1-2H3,(H,22,23)/t11-,12-. The van der Waals surface area contributed by atoms with Gasteiger partial charge in [-0.1, -0.05) is 0 Å².